The van der Waals surface area contributed by atoms with Gasteiger partial charge in [-0.05, 0) is 12.1 Å². The van der Waals surface area contributed by atoms with Crippen molar-refractivity contribution in [1.29, 1.82) is 0 Å². The van der Waals surface area contributed by atoms with E-state index in [1.54, 1.807) is 23.7 Å². The molecule has 0 aliphatic carbocycles. The van der Waals surface area contributed by atoms with Gasteiger partial charge in [0.1, 0.15) is 5.52 Å². The minimum Gasteiger partial charge on any atom is -0.396 e. The van der Waals surface area contributed by atoms with Crippen LogP contribution in [-0.4, -0.2) is 15.2 Å². The highest BCUT2D eigenvalue weighted by molar-refractivity contribution is 7.23. The van der Waals surface area contributed by atoms with Crippen LogP contribution in [0.3, 0.4) is 0 Å². The van der Waals surface area contributed by atoms with Crippen LogP contribution in [-0.2, 0) is 0 Å². The Morgan fingerprint density at radius 1 is 1.40 bits per heavy atom. The van der Waals surface area contributed by atoms with Crippen LogP contribution < -0.4 is 5.73 Å². The molecule has 0 fully saturated rings. The first-order valence-corrected chi connectivity index (χ1v) is 5.30. The van der Waals surface area contributed by atoms with Gasteiger partial charge in [-0.3, -0.25) is 10.1 Å². The molecule has 3 aromatic rings. The lowest BCUT2D eigenvalue weighted by Gasteiger charge is -1.92. The molecule has 3 heterocycles. The van der Waals surface area contributed by atoms with Gasteiger partial charge in [-0.15, -0.1) is 11.3 Å². The highest BCUT2D eigenvalue weighted by Gasteiger charge is 2.11. The van der Waals surface area contributed by atoms with Gasteiger partial charge in [0, 0.05) is 18.0 Å². The molecule has 4 nitrogen and oxygen atoms in total. The average molecular weight is 216 g/mol. The van der Waals surface area contributed by atoms with Crippen molar-refractivity contribution in [1.82, 2.24) is 15.2 Å². The number of aromatic amines is 1. The molecule has 0 amide bonds. The molecular formula is C10H8N4S. The fraction of sp³-hybridized carbons (Fsp3) is 0. The molecule has 0 saturated carbocycles. The summed E-state index contributed by atoms with van der Waals surface area (Å²) in [5, 5.41) is 6.70. The second-order valence-corrected chi connectivity index (χ2v) is 4.23. The van der Waals surface area contributed by atoms with Crippen molar-refractivity contribution >= 4 is 27.2 Å². The lowest BCUT2D eigenvalue weighted by molar-refractivity contribution is 1.09. The largest absolute Gasteiger partial charge is 0.396 e. The van der Waals surface area contributed by atoms with Crippen molar-refractivity contribution in [3.8, 4) is 10.4 Å². The summed E-state index contributed by atoms with van der Waals surface area (Å²) in [4.78, 5) is 5.29. The van der Waals surface area contributed by atoms with Crippen LogP contribution in [0.1, 0.15) is 0 Å². The number of rotatable bonds is 1. The van der Waals surface area contributed by atoms with Crippen LogP contribution in [0.25, 0.3) is 20.7 Å². The Morgan fingerprint density at radius 3 is 3.07 bits per heavy atom. The standard InChI is InChI=1S/C10H8N4S/c11-8-9-7(2-1-3-12-9)15-10(8)6-4-13-14-5-6/h1-5H,11H2,(H,13,14). The van der Waals surface area contributed by atoms with E-state index in [2.05, 4.69) is 15.2 Å². The van der Waals surface area contributed by atoms with E-state index in [1.807, 2.05) is 18.3 Å². The summed E-state index contributed by atoms with van der Waals surface area (Å²) < 4.78 is 1.10. The van der Waals surface area contributed by atoms with E-state index in [0.29, 0.717) is 0 Å². The van der Waals surface area contributed by atoms with Gasteiger partial charge in [-0.2, -0.15) is 5.10 Å². The number of anilines is 1. The highest BCUT2D eigenvalue weighted by Crippen LogP contribution is 2.38. The highest BCUT2D eigenvalue weighted by atomic mass is 32.1. The predicted molar refractivity (Wildman–Crippen MR) is 61.6 cm³/mol. The van der Waals surface area contributed by atoms with Gasteiger partial charge in [-0.1, -0.05) is 0 Å². The predicted octanol–water partition coefficient (Wildman–Crippen LogP) is 2.27. The molecule has 3 aromatic heterocycles. The molecule has 0 unspecified atom stereocenters. The van der Waals surface area contributed by atoms with E-state index in [0.717, 1.165) is 26.3 Å². The van der Waals surface area contributed by atoms with Crippen molar-refractivity contribution in [3.63, 3.8) is 0 Å². The number of thiophene rings is 1. The van der Waals surface area contributed by atoms with Gasteiger partial charge in [-0.25, -0.2) is 0 Å². The zero-order chi connectivity index (χ0) is 10.3. The Balaban J connectivity index is 2.33. The quantitative estimate of drug-likeness (QED) is 0.655. The van der Waals surface area contributed by atoms with Crippen LogP contribution in [0, 0.1) is 0 Å². The van der Waals surface area contributed by atoms with Crippen molar-refractivity contribution in [2.24, 2.45) is 0 Å². The zero-order valence-electron chi connectivity index (χ0n) is 7.77. The third kappa shape index (κ3) is 1.20. The van der Waals surface area contributed by atoms with Crippen LogP contribution in [0.5, 0.6) is 0 Å². The molecule has 74 valence electrons. The maximum atomic E-state index is 6.04. The summed E-state index contributed by atoms with van der Waals surface area (Å²) in [5.41, 5.74) is 8.65. The molecule has 0 saturated heterocycles. The van der Waals surface area contributed by atoms with Crippen molar-refractivity contribution in [2.75, 3.05) is 5.73 Å². The number of pyridine rings is 1. The summed E-state index contributed by atoms with van der Waals surface area (Å²) in [7, 11) is 0. The molecule has 0 spiro atoms. The molecule has 0 aliphatic rings. The minimum atomic E-state index is 0.733. The first-order valence-electron chi connectivity index (χ1n) is 4.48. The molecule has 0 aromatic carbocycles. The maximum Gasteiger partial charge on any atom is 0.105 e. The minimum absolute atomic E-state index is 0.733. The fourth-order valence-corrected chi connectivity index (χ4v) is 2.60. The zero-order valence-corrected chi connectivity index (χ0v) is 8.58. The van der Waals surface area contributed by atoms with Gasteiger partial charge in [0.2, 0.25) is 0 Å². The lowest BCUT2D eigenvalue weighted by Crippen LogP contribution is -1.85. The van der Waals surface area contributed by atoms with Crippen LogP contribution in [0.2, 0.25) is 0 Å². The third-order valence-corrected chi connectivity index (χ3v) is 3.45. The second-order valence-electron chi connectivity index (χ2n) is 3.18. The Bertz CT molecular complexity index is 597. The molecular weight excluding hydrogens is 208 g/mol. The number of nitrogens with two attached hydrogens (primary N) is 1. The van der Waals surface area contributed by atoms with Gasteiger partial charge in [0.15, 0.2) is 0 Å². The Morgan fingerprint density at radius 2 is 2.33 bits per heavy atom. The molecule has 3 N–H and O–H groups in total. The summed E-state index contributed by atoms with van der Waals surface area (Å²) in [5.74, 6) is 0. The van der Waals surface area contributed by atoms with E-state index >= 15 is 0 Å². The first-order chi connectivity index (χ1) is 7.36. The summed E-state index contributed by atoms with van der Waals surface area (Å²) in [6, 6.07) is 3.93. The topological polar surface area (TPSA) is 67.6 Å². The third-order valence-electron chi connectivity index (χ3n) is 2.24. The van der Waals surface area contributed by atoms with Crippen molar-refractivity contribution < 1.29 is 0 Å². The maximum absolute atomic E-state index is 6.04. The Kier molecular flexibility index (Phi) is 1.72. The molecule has 0 radical (unpaired) electrons. The number of nitrogens with zero attached hydrogens (tertiary/aromatic N) is 2. The van der Waals surface area contributed by atoms with E-state index < -0.39 is 0 Å². The summed E-state index contributed by atoms with van der Waals surface area (Å²) in [6.45, 7) is 0. The lowest BCUT2D eigenvalue weighted by atomic mass is 10.2. The first kappa shape index (κ1) is 8.43. The van der Waals surface area contributed by atoms with E-state index in [9.17, 15) is 0 Å². The van der Waals surface area contributed by atoms with Gasteiger partial charge < -0.3 is 5.73 Å². The molecule has 3 rings (SSSR count). The Hall–Kier alpha value is -1.88. The molecule has 15 heavy (non-hydrogen) atoms. The smallest absolute Gasteiger partial charge is 0.105 e. The molecule has 5 heteroatoms. The number of H-pyrrole nitrogens is 1. The number of aromatic nitrogens is 3. The number of nitrogen functional groups attached to an aromatic ring is 1. The van der Waals surface area contributed by atoms with E-state index in [1.165, 1.54) is 0 Å². The summed E-state index contributed by atoms with van der Waals surface area (Å²) >= 11 is 1.63. The van der Waals surface area contributed by atoms with Crippen LogP contribution >= 0.6 is 11.3 Å². The van der Waals surface area contributed by atoms with Crippen LogP contribution in [0.4, 0.5) is 5.69 Å². The average Bonchev–Trinajstić information content (AvgIpc) is 2.87. The van der Waals surface area contributed by atoms with Gasteiger partial charge in [0.25, 0.3) is 0 Å². The van der Waals surface area contributed by atoms with Crippen molar-refractivity contribution in [2.45, 2.75) is 0 Å². The van der Waals surface area contributed by atoms with Gasteiger partial charge in [0.05, 0.1) is 21.5 Å². The molecule has 0 atom stereocenters. The monoisotopic (exact) mass is 216 g/mol. The number of hydrogen-bond donors (Lipinski definition) is 2. The number of hydrogen-bond acceptors (Lipinski definition) is 4. The second kappa shape index (κ2) is 3.06. The van der Waals surface area contributed by atoms with E-state index in [4.69, 9.17) is 5.73 Å². The van der Waals surface area contributed by atoms with Crippen molar-refractivity contribution in [3.05, 3.63) is 30.7 Å². The fourth-order valence-electron chi connectivity index (χ4n) is 1.54. The van der Waals surface area contributed by atoms with Gasteiger partial charge >= 0.3 is 0 Å². The Labute approximate surface area is 89.8 Å². The molecule has 0 bridgehead atoms. The summed E-state index contributed by atoms with van der Waals surface area (Å²) in [6.07, 6.45) is 5.35. The number of nitrogens with one attached hydrogen (secondary N) is 1. The normalized spacial score (nSPS) is 10.9. The SMILES string of the molecule is Nc1c(-c2cn[nH]c2)sc2cccnc12. The van der Waals surface area contributed by atoms with E-state index in [-0.39, 0.29) is 0 Å². The van der Waals surface area contributed by atoms with Crippen LogP contribution in [0.15, 0.2) is 30.7 Å². The molecule has 0 aliphatic heterocycles. The number of fused-ring (bicyclic) bond motifs is 1.